The molecule has 7 heteroatoms. The van der Waals surface area contributed by atoms with Crippen LogP contribution in [-0.2, 0) is 14.3 Å². The number of esters is 1. The van der Waals surface area contributed by atoms with Crippen LogP contribution < -0.4 is 19.5 Å². The van der Waals surface area contributed by atoms with Crippen LogP contribution in [-0.4, -0.2) is 39.7 Å². The molecular formula is C28H31NO6. The molecule has 1 aliphatic carbocycles. The number of allylic oxidation sites excluding steroid dienone is 2. The molecule has 3 unspecified atom stereocenters. The maximum absolute atomic E-state index is 13.7. The Morgan fingerprint density at radius 1 is 1.00 bits per heavy atom. The lowest BCUT2D eigenvalue weighted by atomic mass is 9.69. The SMILES string of the molecule is C=C1NC2=C(C(=O)CC(c3ccc(OC)c(OC)c3)C2)C(c2ccccc2OC)C1C(=O)OCC. The van der Waals surface area contributed by atoms with Crippen molar-refractivity contribution < 1.29 is 28.5 Å². The van der Waals surface area contributed by atoms with E-state index in [1.165, 1.54) is 0 Å². The molecule has 2 aromatic carbocycles. The second-order valence-electron chi connectivity index (χ2n) is 8.63. The number of hydrogen-bond acceptors (Lipinski definition) is 7. The molecule has 35 heavy (non-hydrogen) atoms. The zero-order chi connectivity index (χ0) is 25.1. The van der Waals surface area contributed by atoms with Crippen LogP contribution in [0.1, 0.15) is 42.7 Å². The molecule has 2 aliphatic rings. The van der Waals surface area contributed by atoms with Crippen LogP contribution in [0.4, 0.5) is 0 Å². The number of ketones is 1. The number of carbonyl (C=O) groups excluding carboxylic acids is 2. The van der Waals surface area contributed by atoms with Crippen LogP contribution in [0.15, 0.2) is 66.0 Å². The van der Waals surface area contributed by atoms with Crippen molar-refractivity contribution in [2.45, 2.75) is 31.6 Å². The number of para-hydroxylation sites is 1. The van der Waals surface area contributed by atoms with Gasteiger partial charge in [0.05, 0.1) is 27.9 Å². The Hall–Kier alpha value is -3.74. The van der Waals surface area contributed by atoms with Crippen molar-refractivity contribution >= 4 is 11.8 Å². The Bertz CT molecular complexity index is 1180. The van der Waals surface area contributed by atoms with Gasteiger partial charge in [0.1, 0.15) is 11.7 Å². The molecule has 0 bridgehead atoms. The third-order valence-electron chi connectivity index (χ3n) is 6.73. The van der Waals surface area contributed by atoms with Gasteiger partial charge >= 0.3 is 5.97 Å². The van der Waals surface area contributed by atoms with Crippen LogP contribution in [0, 0.1) is 5.92 Å². The Labute approximate surface area is 205 Å². The van der Waals surface area contributed by atoms with E-state index >= 15 is 0 Å². The van der Waals surface area contributed by atoms with Gasteiger partial charge in [0.15, 0.2) is 17.3 Å². The lowest BCUT2D eigenvalue weighted by Crippen LogP contribution is -2.42. The fourth-order valence-corrected chi connectivity index (χ4v) is 5.16. The molecule has 7 nitrogen and oxygen atoms in total. The summed E-state index contributed by atoms with van der Waals surface area (Å²) in [5, 5.41) is 3.29. The summed E-state index contributed by atoms with van der Waals surface area (Å²) in [5.41, 5.74) is 3.63. The molecule has 1 aliphatic heterocycles. The number of hydrogen-bond donors (Lipinski definition) is 1. The highest BCUT2D eigenvalue weighted by molar-refractivity contribution is 6.01. The first-order valence-electron chi connectivity index (χ1n) is 11.7. The molecule has 0 amide bonds. The maximum Gasteiger partial charge on any atom is 0.315 e. The van der Waals surface area contributed by atoms with Gasteiger partial charge in [-0.2, -0.15) is 0 Å². The predicted octanol–water partition coefficient (Wildman–Crippen LogP) is 4.49. The fourth-order valence-electron chi connectivity index (χ4n) is 5.16. The number of nitrogens with one attached hydrogen (secondary N) is 1. The van der Waals surface area contributed by atoms with E-state index in [1.54, 1.807) is 28.3 Å². The monoisotopic (exact) mass is 477 g/mol. The zero-order valence-corrected chi connectivity index (χ0v) is 20.6. The Balaban J connectivity index is 1.80. The number of carbonyl (C=O) groups is 2. The van der Waals surface area contributed by atoms with Crippen molar-refractivity contribution in [3.8, 4) is 17.2 Å². The van der Waals surface area contributed by atoms with Gasteiger partial charge in [-0.1, -0.05) is 30.8 Å². The van der Waals surface area contributed by atoms with Crippen LogP contribution in [0.5, 0.6) is 17.2 Å². The van der Waals surface area contributed by atoms with Gasteiger partial charge in [-0.25, -0.2) is 0 Å². The second kappa shape index (κ2) is 10.3. The minimum atomic E-state index is -0.744. The molecule has 1 N–H and O–H groups in total. The highest BCUT2D eigenvalue weighted by Gasteiger charge is 2.46. The summed E-state index contributed by atoms with van der Waals surface area (Å²) in [7, 11) is 4.77. The molecule has 0 aromatic heterocycles. The van der Waals surface area contributed by atoms with E-state index in [0.717, 1.165) is 16.8 Å². The lowest BCUT2D eigenvalue weighted by molar-refractivity contribution is -0.147. The fraction of sp³-hybridized carbons (Fsp3) is 0.357. The lowest BCUT2D eigenvalue weighted by Gasteiger charge is -2.40. The first-order chi connectivity index (χ1) is 16.9. The highest BCUT2D eigenvalue weighted by Crippen LogP contribution is 2.49. The molecule has 0 fully saturated rings. The van der Waals surface area contributed by atoms with Crippen LogP contribution in [0.3, 0.4) is 0 Å². The molecule has 0 radical (unpaired) electrons. The van der Waals surface area contributed by atoms with E-state index in [1.807, 2.05) is 42.5 Å². The third kappa shape index (κ3) is 4.50. The van der Waals surface area contributed by atoms with E-state index in [2.05, 4.69) is 11.9 Å². The summed E-state index contributed by atoms with van der Waals surface area (Å²) in [6.45, 7) is 6.16. The number of methoxy groups -OCH3 is 3. The minimum Gasteiger partial charge on any atom is -0.496 e. The number of Topliss-reactive ketones (excluding diaryl/α,β-unsaturated/α-hetero) is 1. The molecule has 2 aromatic rings. The van der Waals surface area contributed by atoms with Crippen LogP contribution >= 0.6 is 0 Å². The molecule has 4 rings (SSSR count). The average Bonchev–Trinajstić information content (AvgIpc) is 2.87. The van der Waals surface area contributed by atoms with Crippen LogP contribution in [0.2, 0.25) is 0 Å². The first-order valence-corrected chi connectivity index (χ1v) is 11.7. The Kier molecular flexibility index (Phi) is 7.15. The normalized spacial score (nSPS) is 21.7. The predicted molar refractivity (Wildman–Crippen MR) is 132 cm³/mol. The third-order valence-corrected chi connectivity index (χ3v) is 6.73. The van der Waals surface area contributed by atoms with E-state index in [-0.39, 0.29) is 18.3 Å². The smallest absolute Gasteiger partial charge is 0.315 e. The van der Waals surface area contributed by atoms with Gasteiger partial charge in [0.2, 0.25) is 0 Å². The Morgan fingerprint density at radius 3 is 2.40 bits per heavy atom. The van der Waals surface area contributed by atoms with Crippen molar-refractivity contribution in [1.29, 1.82) is 0 Å². The average molecular weight is 478 g/mol. The number of ether oxygens (including phenoxy) is 4. The molecule has 0 saturated carbocycles. The quantitative estimate of drug-likeness (QED) is 0.588. The topological polar surface area (TPSA) is 83.1 Å². The zero-order valence-electron chi connectivity index (χ0n) is 20.6. The van der Waals surface area contributed by atoms with Gasteiger partial charge < -0.3 is 24.3 Å². The minimum absolute atomic E-state index is 0.0174. The van der Waals surface area contributed by atoms with E-state index < -0.39 is 17.8 Å². The molecule has 1 heterocycles. The summed E-state index contributed by atoms with van der Waals surface area (Å²) >= 11 is 0. The van der Waals surface area contributed by atoms with Gasteiger partial charge in [0, 0.05) is 34.9 Å². The van der Waals surface area contributed by atoms with Crippen molar-refractivity contribution in [3.63, 3.8) is 0 Å². The molecule has 0 saturated heterocycles. The van der Waals surface area contributed by atoms with Crippen LogP contribution in [0.25, 0.3) is 0 Å². The van der Waals surface area contributed by atoms with Crippen molar-refractivity contribution in [2.75, 3.05) is 27.9 Å². The highest BCUT2D eigenvalue weighted by atomic mass is 16.5. The number of rotatable bonds is 7. The molecule has 3 atom stereocenters. The van der Waals surface area contributed by atoms with Crippen molar-refractivity contribution in [3.05, 3.63) is 77.1 Å². The summed E-state index contributed by atoms with van der Waals surface area (Å²) in [6.07, 6.45) is 0.903. The van der Waals surface area contributed by atoms with E-state index in [0.29, 0.717) is 41.4 Å². The van der Waals surface area contributed by atoms with E-state index in [4.69, 9.17) is 18.9 Å². The summed E-state index contributed by atoms with van der Waals surface area (Å²) in [5.74, 6) is 0.0864. The number of benzene rings is 2. The molecule has 0 spiro atoms. The Morgan fingerprint density at radius 2 is 1.71 bits per heavy atom. The van der Waals surface area contributed by atoms with E-state index in [9.17, 15) is 9.59 Å². The largest absolute Gasteiger partial charge is 0.496 e. The summed E-state index contributed by atoms with van der Waals surface area (Å²) in [4.78, 5) is 26.8. The summed E-state index contributed by atoms with van der Waals surface area (Å²) in [6, 6.07) is 13.2. The first kappa shape index (κ1) is 24.4. The second-order valence-corrected chi connectivity index (χ2v) is 8.63. The molecular weight excluding hydrogens is 446 g/mol. The van der Waals surface area contributed by atoms with Crippen molar-refractivity contribution in [1.82, 2.24) is 5.32 Å². The molecule has 184 valence electrons. The van der Waals surface area contributed by atoms with Gasteiger partial charge in [-0.3, -0.25) is 9.59 Å². The van der Waals surface area contributed by atoms with Gasteiger partial charge in [0.25, 0.3) is 0 Å². The standard InChI is InChI=1S/C28H31NO6/c1-6-35-28(31)25-16(2)29-20-13-18(17-11-12-23(33-4)24(15-17)34-5)14-21(30)27(20)26(25)19-9-7-8-10-22(19)32-3/h7-12,15,18,25-26,29H,2,6,13-14H2,1,3-5H3. The summed E-state index contributed by atoms with van der Waals surface area (Å²) < 4.78 is 21.8. The van der Waals surface area contributed by atoms with Crippen molar-refractivity contribution in [2.24, 2.45) is 5.92 Å². The van der Waals surface area contributed by atoms with Gasteiger partial charge in [-0.15, -0.1) is 0 Å². The maximum atomic E-state index is 13.7. The van der Waals surface area contributed by atoms with Gasteiger partial charge in [-0.05, 0) is 43.0 Å².